The third-order valence-electron chi connectivity index (χ3n) is 3.07. The number of nitrogens with zero attached hydrogens (tertiary/aromatic N) is 5. The van der Waals surface area contributed by atoms with E-state index in [9.17, 15) is 0 Å². The first-order chi connectivity index (χ1) is 9.72. The molecule has 7 heteroatoms. The summed E-state index contributed by atoms with van der Waals surface area (Å²) in [7, 11) is 1.94. The van der Waals surface area contributed by atoms with Gasteiger partial charge in [0.25, 0.3) is 0 Å². The van der Waals surface area contributed by atoms with Crippen LogP contribution in [0.5, 0.6) is 0 Å². The Balaban J connectivity index is 1.94. The number of aromatic nitrogens is 5. The van der Waals surface area contributed by atoms with Crippen LogP contribution in [0.2, 0.25) is 0 Å². The molecule has 2 rings (SSSR count). The lowest BCUT2D eigenvalue weighted by molar-refractivity contribution is 0.786. The molecule has 0 aliphatic heterocycles. The van der Waals surface area contributed by atoms with E-state index in [1.165, 1.54) is 0 Å². The Morgan fingerprint density at radius 3 is 2.45 bits per heavy atom. The number of hydrogen-bond acceptors (Lipinski definition) is 6. The zero-order chi connectivity index (χ0) is 14.4. The van der Waals surface area contributed by atoms with Gasteiger partial charge in [-0.25, -0.2) is 9.97 Å². The Labute approximate surface area is 118 Å². The van der Waals surface area contributed by atoms with E-state index in [1.807, 2.05) is 18.5 Å². The van der Waals surface area contributed by atoms with Gasteiger partial charge in [-0.15, -0.1) is 10.2 Å². The molecular formula is C13H21N7. The van der Waals surface area contributed by atoms with E-state index in [0.29, 0.717) is 0 Å². The maximum absolute atomic E-state index is 4.28. The molecule has 2 N–H and O–H groups in total. The van der Waals surface area contributed by atoms with Crippen molar-refractivity contribution >= 4 is 11.6 Å². The molecule has 0 aliphatic rings. The van der Waals surface area contributed by atoms with Crippen LogP contribution in [0.25, 0.3) is 0 Å². The highest BCUT2D eigenvalue weighted by atomic mass is 15.2. The maximum atomic E-state index is 4.28. The van der Waals surface area contributed by atoms with Crippen molar-refractivity contribution in [1.29, 1.82) is 0 Å². The van der Waals surface area contributed by atoms with E-state index in [4.69, 9.17) is 0 Å². The predicted molar refractivity (Wildman–Crippen MR) is 78.7 cm³/mol. The molecule has 2 aromatic heterocycles. The standard InChI is InChI=1S/C13H21N7/c1-4-6-14-12-10(2)13(17-8-16-12)15-7-5-11-19-18-9-20(11)3/h8-9H,4-7H2,1-3H3,(H2,14,15,16,17). The van der Waals surface area contributed by atoms with Crippen LogP contribution in [0.3, 0.4) is 0 Å². The Kier molecular flexibility index (Phi) is 4.86. The van der Waals surface area contributed by atoms with E-state index in [1.54, 1.807) is 12.7 Å². The lowest BCUT2D eigenvalue weighted by atomic mass is 10.3. The van der Waals surface area contributed by atoms with Gasteiger partial charge >= 0.3 is 0 Å². The van der Waals surface area contributed by atoms with E-state index in [2.05, 4.69) is 37.7 Å². The second-order valence-corrected chi connectivity index (χ2v) is 4.66. The van der Waals surface area contributed by atoms with Crippen LogP contribution >= 0.6 is 0 Å². The second-order valence-electron chi connectivity index (χ2n) is 4.66. The Hall–Kier alpha value is -2.18. The summed E-state index contributed by atoms with van der Waals surface area (Å²) in [6, 6.07) is 0. The third-order valence-corrected chi connectivity index (χ3v) is 3.07. The minimum atomic E-state index is 0.762. The summed E-state index contributed by atoms with van der Waals surface area (Å²) in [6.07, 6.45) is 5.16. The van der Waals surface area contributed by atoms with E-state index >= 15 is 0 Å². The molecule has 20 heavy (non-hydrogen) atoms. The van der Waals surface area contributed by atoms with Gasteiger partial charge in [0.05, 0.1) is 0 Å². The van der Waals surface area contributed by atoms with Crippen molar-refractivity contribution < 1.29 is 0 Å². The molecule has 108 valence electrons. The molecule has 0 saturated carbocycles. The minimum absolute atomic E-state index is 0.762. The molecule has 0 fully saturated rings. The van der Waals surface area contributed by atoms with Gasteiger partial charge in [0, 0.05) is 32.1 Å². The normalized spacial score (nSPS) is 10.6. The van der Waals surface area contributed by atoms with Crippen molar-refractivity contribution in [2.24, 2.45) is 7.05 Å². The highest BCUT2D eigenvalue weighted by molar-refractivity contribution is 5.56. The van der Waals surface area contributed by atoms with Gasteiger partial charge in [-0.1, -0.05) is 6.92 Å². The number of nitrogens with one attached hydrogen (secondary N) is 2. The molecule has 2 aromatic rings. The predicted octanol–water partition coefficient (Wildman–Crippen LogP) is 1.39. The van der Waals surface area contributed by atoms with Gasteiger partial charge < -0.3 is 15.2 Å². The molecule has 0 aromatic carbocycles. The van der Waals surface area contributed by atoms with Crippen molar-refractivity contribution in [2.75, 3.05) is 23.7 Å². The van der Waals surface area contributed by atoms with Gasteiger partial charge in [-0.2, -0.15) is 0 Å². The molecular weight excluding hydrogens is 254 g/mol. The van der Waals surface area contributed by atoms with Crippen molar-refractivity contribution in [3.63, 3.8) is 0 Å². The highest BCUT2D eigenvalue weighted by Crippen LogP contribution is 2.17. The molecule has 0 spiro atoms. The van der Waals surface area contributed by atoms with Gasteiger partial charge in [0.15, 0.2) is 0 Å². The SMILES string of the molecule is CCCNc1ncnc(NCCc2nncn2C)c1C. The largest absolute Gasteiger partial charge is 0.370 e. The van der Waals surface area contributed by atoms with E-state index in [0.717, 1.165) is 49.0 Å². The summed E-state index contributed by atoms with van der Waals surface area (Å²) >= 11 is 0. The van der Waals surface area contributed by atoms with Crippen LogP contribution in [0.4, 0.5) is 11.6 Å². The number of rotatable bonds is 7. The first-order valence-corrected chi connectivity index (χ1v) is 6.84. The highest BCUT2D eigenvalue weighted by Gasteiger charge is 2.06. The molecule has 0 unspecified atom stereocenters. The molecule has 0 saturated heterocycles. The average Bonchev–Trinajstić information content (AvgIpc) is 2.85. The van der Waals surface area contributed by atoms with Crippen LogP contribution in [0.1, 0.15) is 24.7 Å². The lowest BCUT2D eigenvalue weighted by Gasteiger charge is -2.12. The maximum Gasteiger partial charge on any atom is 0.134 e. The van der Waals surface area contributed by atoms with Crippen LogP contribution in [0, 0.1) is 6.92 Å². The number of anilines is 2. The van der Waals surface area contributed by atoms with Crippen LogP contribution in [0.15, 0.2) is 12.7 Å². The minimum Gasteiger partial charge on any atom is -0.370 e. The number of aryl methyl sites for hydroxylation is 1. The monoisotopic (exact) mass is 275 g/mol. The second kappa shape index (κ2) is 6.83. The molecule has 0 bridgehead atoms. The van der Waals surface area contributed by atoms with Gasteiger partial charge in [0.2, 0.25) is 0 Å². The van der Waals surface area contributed by atoms with Crippen LogP contribution in [-0.4, -0.2) is 37.8 Å². The smallest absolute Gasteiger partial charge is 0.134 e. The average molecular weight is 275 g/mol. The summed E-state index contributed by atoms with van der Waals surface area (Å²) in [5, 5.41) is 14.5. The topological polar surface area (TPSA) is 80.6 Å². The zero-order valence-electron chi connectivity index (χ0n) is 12.2. The zero-order valence-corrected chi connectivity index (χ0v) is 12.2. The molecule has 2 heterocycles. The molecule has 0 amide bonds. The van der Waals surface area contributed by atoms with E-state index in [-0.39, 0.29) is 0 Å². The Bertz CT molecular complexity index is 549. The fraction of sp³-hybridized carbons (Fsp3) is 0.538. The Morgan fingerprint density at radius 2 is 1.85 bits per heavy atom. The lowest BCUT2D eigenvalue weighted by Crippen LogP contribution is -2.12. The summed E-state index contributed by atoms with van der Waals surface area (Å²) in [5.41, 5.74) is 1.04. The summed E-state index contributed by atoms with van der Waals surface area (Å²) in [6.45, 7) is 5.82. The van der Waals surface area contributed by atoms with Crippen molar-refractivity contribution in [2.45, 2.75) is 26.7 Å². The van der Waals surface area contributed by atoms with Crippen molar-refractivity contribution in [1.82, 2.24) is 24.7 Å². The quantitative estimate of drug-likeness (QED) is 0.795. The van der Waals surface area contributed by atoms with Crippen molar-refractivity contribution in [3.05, 3.63) is 24.0 Å². The number of hydrogen-bond donors (Lipinski definition) is 2. The first kappa shape index (κ1) is 14.2. The summed E-state index contributed by atoms with van der Waals surface area (Å²) in [5.74, 6) is 2.71. The summed E-state index contributed by atoms with van der Waals surface area (Å²) in [4.78, 5) is 8.54. The van der Waals surface area contributed by atoms with Crippen molar-refractivity contribution in [3.8, 4) is 0 Å². The molecule has 0 radical (unpaired) electrons. The Morgan fingerprint density at radius 1 is 1.15 bits per heavy atom. The molecule has 0 atom stereocenters. The molecule has 7 nitrogen and oxygen atoms in total. The fourth-order valence-electron chi connectivity index (χ4n) is 1.88. The van der Waals surface area contributed by atoms with Crippen LogP contribution < -0.4 is 10.6 Å². The van der Waals surface area contributed by atoms with Gasteiger partial charge in [-0.3, -0.25) is 0 Å². The van der Waals surface area contributed by atoms with E-state index < -0.39 is 0 Å². The first-order valence-electron chi connectivity index (χ1n) is 6.84. The van der Waals surface area contributed by atoms with Gasteiger partial charge in [-0.05, 0) is 13.3 Å². The molecule has 0 aliphatic carbocycles. The fourth-order valence-corrected chi connectivity index (χ4v) is 1.88. The third kappa shape index (κ3) is 3.43. The van der Waals surface area contributed by atoms with Gasteiger partial charge in [0.1, 0.15) is 30.1 Å². The summed E-state index contributed by atoms with van der Waals surface area (Å²) < 4.78 is 1.92. The van der Waals surface area contributed by atoms with Crippen LogP contribution in [-0.2, 0) is 13.5 Å².